The van der Waals surface area contributed by atoms with Crippen LogP contribution in [-0.4, -0.2) is 41.8 Å². The topological polar surface area (TPSA) is 130 Å². The molecule has 0 unspecified atom stereocenters. The summed E-state index contributed by atoms with van der Waals surface area (Å²) in [5.41, 5.74) is 0.271. The zero-order chi connectivity index (χ0) is 14.0. The van der Waals surface area contributed by atoms with Crippen molar-refractivity contribution in [3.05, 3.63) is 23.0 Å². The van der Waals surface area contributed by atoms with Crippen LogP contribution in [-0.2, 0) is 15.8 Å². The van der Waals surface area contributed by atoms with E-state index in [-0.39, 0.29) is 17.6 Å². The summed E-state index contributed by atoms with van der Waals surface area (Å²) in [6, 6.07) is 0. The molecule has 0 aliphatic rings. The summed E-state index contributed by atoms with van der Waals surface area (Å²) in [5, 5.41) is 0. The van der Waals surface area contributed by atoms with Gasteiger partial charge in [-0.2, -0.15) is 0 Å². The van der Waals surface area contributed by atoms with Gasteiger partial charge in [0.1, 0.15) is 6.35 Å². The first kappa shape index (κ1) is 13.9. The average molecular weight is 288 g/mol. The van der Waals surface area contributed by atoms with E-state index in [2.05, 4.69) is 15.0 Å². The molecular weight excluding hydrogens is 275 g/mol. The van der Waals surface area contributed by atoms with Gasteiger partial charge >= 0.3 is 7.60 Å². The molecule has 0 aliphatic heterocycles. The van der Waals surface area contributed by atoms with Crippen LogP contribution in [0.2, 0.25) is 0 Å². The van der Waals surface area contributed by atoms with Crippen LogP contribution in [0.4, 0.5) is 0 Å². The third-order valence-electron chi connectivity index (χ3n) is 2.39. The zero-order valence-electron chi connectivity index (χ0n) is 10.1. The molecular formula is C9H13N4O5P. The Bertz CT molecular complexity index is 675. The molecule has 9 nitrogen and oxygen atoms in total. The maximum Gasteiger partial charge on any atom is 0.350 e. The fourth-order valence-electron chi connectivity index (χ4n) is 1.58. The van der Waals surface area contributed by atoms with E-state index < -0.39 is 20.0 Å². The third kappa shape index (κ3) is 3.48. The summed E-state index contributed by atoms with van der Waals surface area (Å²) in [6.07, 6.45) is 1.61. The van der Waals surface area contributed by atoms with E-state index in [1.165, 1.54) is 12.7 Å². The van der Waals surface area contributed by atoms with Crippen LogP contribution in [0.15, 0.2) is 17.4 Å². The molecule has 0 saturated carbocycles. The van der Waals surface area contributed by atoms with Crippen LogP contribution < -0.4 is 5.56 Å². The Balaban J connectivity index is 2.11. The number of H-pyrrole nitrogens is 1. The Labute approximate surface area is 107 Å². The Morgan fingerprint density at radius 1 is 1.53 bits per heavy atom. The van der Waals surface area contributed by atoms with Gasteiger partial charge in [-0.05, 0) is 6.92 Å². The summed E-state index contributed by atoms with van der Waals surface area (Å²) < 4.78 is 17.3. The Morgan fingerprint density at radius 3 is 2.95 bits per heavy atom. The monoisotopic (exact) mass is 288 g/mol. The van der Waals surface area contributed by atoms with Gasteiger partial charge in [-0.25, -0.2) is 9.97 Å². The molecule has 3 N–H and O–H groups in total. The van der Waals surface area contributed by atoms with Crippen LogP contribution in [0.5, 0.6) is 0 Å². The Morgan fingerprint density at radius 2 is 2.26 bits per heavy atom. The summed E-state index contributed by atoms with van der Waals surface area (Å²) in [6.45, 7) is 1.95. The summed E-state index contributed by atoms with van der Waals surface area (Å²) in [4.78, 5) is 39.2. The first-order valence-corrected chi connectivity index (χ1v) is 7.21. The lowest BCUT2D eigenvalue weighted by Crippen LogP contribution is -2.17. The van der Waals surface area contributed by atoms with Crippen molar-refractivity contribution in [2.24, 2.45) is 0 Å². The number of aromatic nitrogens is 4. The fourth-order valence-corrected chi connectivity index (χ4v) is 2.03. The highest BCUT2D eigenvalue weighted by atomic mass is 31.2. The first-order chi connectivity index (χ1) is 8.87. The fraction of sp³-hybridized carbons (Fsp3) is 0.444. The van der Waals surface area contributed by atoms with Crippen LogP contribution >= 0.6 is 7.60 Å². The second kappa shape index (κ2) is 5.22. The molecule has 0 aliphatic carbocycles. The van der Waals surface area contributed by atoms with Gasteiger partial charge in [-0.1, -0.05) is 0 Å². The highest BCUT2D eigenvalue weighted by molar-refractivity contribution is 7.51. The summed E-state index contributed by atoms with van der Waals surface area (Å²) >= 11 is 0. The van der Waals surface area contributed by atoms with Crippen LogP contribution in [0.25, 0.3) is 11.2 Å². The van der Waals surface area contributed by atoms with Gasteiger partial charge in [0.25, 0.3) is 5.56 Å². The molecule has 0 aromatic carbocycles. The van der Waals surface area contributed by atoms with E-state index >= 15 is 0 Å². The van der Waals surface area contributed by atoms with Gasteiger partial charge in [0.05, 0.1) is 25.3 Å². The van der Waals surface area contributed by atoms with E-state index in [1.54, 1.807) is 11.5 Å². The van der Waals surface area contributed by atoms with Crippen molar-refractivity contribution in [1.82, 2.24) is 19.5 Å². The number of aromatic amines is 1. The van der Waals surface area contributed by atoms with Gasteiger partial charge < -0.3 is 24.1 Å². The number of imidazole rings is 1. The van der Waals surface area contributed by atoms with E-state index in [1.807, 2.05) is 0 Å². The van der Waals surface area contributed by atoms with Gasteiger partial charge in [0.15, 0.2) is 11.2 Å². The minimum absolute atomic E-state index is 0.213. The molecule has 0 fully saturated rings. The number of ether oxygens (including phenoxy) is 1. The second-order valence-corrected chi connectivity index (χ2v) is 5.66. The SMILES string of the molecule is C[C@H](Cn1cnc2c(=O)[nH]cnc21)OCP(=O)(O)O. The molecule has 2 aromatic rings. The molecule has 19 heavy (non-hydrogen) atoms. The Kier molecular flexibility index (Phi) is 3.81. The number of rotatable bonds is 5. The lowest BCUT2D eigenvalue weighted by Gasteiger charge is -2.14. The van der Waals surface area contributed by atoms with Crippen LogP contribution in [0, 0.1) is 0 Å². The number of nitrogens with zero attached hydrogens (tertiary/aromatic N) is 3. The zero-order valence-corrected chi connectivity index (χ0v) is 10.9. The first-order valence-electron chi connectivity index (χ1n) is 5.41. The molecule has 10 heteroatoms. The molecule has 104 valence electrons. The smallest absolute Gasteiger partial charge is 0.350 e. The number of hydrogen-bond acceptors (Lipinski definition) is 5. The maximum absolute atomic E-state index is 11.4. The van der Waals surface area contributed by atoms with Crippen molar-refractivity contribution in [2.75, 3.05) is 6.35 Å². The van der Waals surface area contributed by atoms with Crippen LogP contribution in [0.3, 0.4) is 0 Å². The average Bonchev–Trinajstić information content (AvgIpc) is 2.71. The highest BCUT2D eigenvalue weighted by Crippen LogP contribution is 2.34. The van der Waals surface area contributed by atoms with E-state index in [4.69, 9.17) is 14.5 Å². The number of nitrogens with one attached hydrogen (secondary N) is 1. The lowest BCUT2D eigenvalue weighted by molar-refractivity contribution is 0.0764. The predicted molar refractivity (Wildman–Crippen MR) is 65.6 cm³/mol. The van der Waals surface area contributed by atoms with Gasteiger partial charge in [-0.3, -0.25) is 9.36 Å². The molecule has 2 heterocycles. The van der Waals surface area contributed by atoms with Gasteiger partial charge in [0.2, 0.25) is 0 Å². The largest absolute Gasteiger partial charge is 0.364 e. The van der Waals surface area contributed by atoms with E-state index in [9.17, 15) is 9.36 Å². The molecule has 2 aromatic heterocycles. The maximum atomic E-state index is 11.4. The molecule has 0 saturated heterocycles. The van der Waals surface area contributed by atoms with Crippen molar-refractivity contribution in [2.45, 2.75) is 19.6 Å². The predicted octanol–water partition coefficient (Wildman–Crippen LogP) is -0.340. The minimum Gasteiger partial charge on any atom is -0.364 e. The second-order valence-electron chi connectivity index (χ2n) is 4.07. The number of hydrogen-bond donors (Lipinski definition) is 3. The van der Waals surface area contributed by atoms with Crippen LogP contribution in [0.1, 0.15) is 6.92 Å². The standard InChI is InChI=1S/C9H13N4O5P/c1-6(18-5-19(15,16)17)2-13-4-12-7-8(13)10-3-11-9(7)14/h3-4,6H,2,5H2,1H3,(H,10,11,14)(H2,15,16,17)/t6-/m1/s1. The summed E-state index contributed by atoms with van der Waals surface area (Å²) in [5.74, 6) is 0. The molecule has 0 amide bonds. The van der Waals surface area contributed by atoms with Crippen molar-refractivity contribution in [1.29, 1.82) is 0 Å². The normalized spacial score (nSPS) is 13.8. The van der Waals surface area contributed by atoms with Gasteiger partial charge in [0, 0.05) is 0 Å². The summed E-state index contributed by atoms with van der Waals surface area (Å²) in [7, 11) is -4.18. The van der Waals surface area contributed by atoms with Crippen molar-refractivity contribution >= 4 is 18.8 Å². The quantitative estimate of drug-likeness (QED) is 0.641. The molecule has 0 spiro atoms. The lowest BCUT2D eigenvalue weighted by atomic mass is 10.4. The van der Waals surface area contributed by atoms with E-state index in [0.29, 0.717) is 5.65 Å². The van der Waals surface area contributed by atoms with E-state index in [0.717, 1.165) is 0 Å². The molecule has 0 bridgehead atoms. The van der Waals surface area contributed by atoms with Gasteiger partial charge in [-0.15, -0.1) is 0 Å². The van der Waals surface area contributed by atoms with Crippen molar-refractivity contribution in [3.8, 4) is 0 Å². The number of fused-ring (bicyclic) bond motifs is 1. The van der Waals surface area contributed by atoms with Crippen molar-refractivity contribution in [3.63, 3.8) is 0 Å². The third-order valence-corrected chi connectivity index (χ3v) is 2.87. The highest BCUT2D eigenvalue weighted by Gasteiger charge is 2.16. The molecule has 0 radical (unpaired) electrons. The Hall–Kier alpha value is -1.54. The molecule has 2 rings (SSSR count). The van der Waals surface area contributed by atoms with Crippen molar-refractivity contribution < 1.29 is 19.1 Å². The minimum atomic E-state index is -4.18. The molecule has 1 atom stereocenters.